The Balaban J connectivity index is 1.66. The average Bonchev–Trinajstić information content (AvgIpc) is 3.13. The minimum absolute atomic E-state index is 0.0709. The number of amides is 1. The van der Waals surface area contributed by atoms with E-state index in [1.54, 1.807) is 12.1 Å². The van der Waals surface area contributed by atoms with Crippen LogP contribution in [0.15, 0.2) is 12.1 Å². The van der Waals surface area contributed by atoms with Crippen molar-refractivity contribution < 1.29 is 14.7 Å². The normalized spacial score (nSPS) is 16.9. The van der Waals surface area contributed by atoms with Crippen LogP contribution in [0.4, 0.5) is 0 Å². The van der Waals surface area contributed by atoms with Crippen LogP contribution in [0.1, 0.15) is 48.2 Å². The molecule has 1 heterocycles. The van der Waals surface area contributed by atoms with E-state index in [1.165, 1.54) is 11.3 Å². The molecule has 1 aliphatic rings. The fourth-order valence-corrected chi connectivity index (χ4v) is 3.64. The highest BCUT2D eigenvalue weighted by Crippen LogP contribution is 2.27. The molecule has 1 aliphatic carbocycles. The quantitative estimate of drug-likeness (QED) is 0.756. The maximum atomic E-state index is 11.8. The Hall–Kier alpha value is -0.910. The van der Waals surface area contributed by atoms with Gasteiger partial charge in [-0.2, -0.15) is 0 Å². The van der Waals surface area contributed by atoms with Crippen LogP contribution < -0.4 is 5.32 Å². The van der Waals surface area contributed by atoms with Crippen LogP contribution in [0.25, 0.3) is 0 Å². The van der Waals surface area contributed by atoms with Crippen molar-refractivity contribution in [1.29, 1.82) is 0 Å². The lowest BCUT2D eigenvalue weighted by Gasteiger charge is -2.17. The molecule has 0 aromatic carbocycles. The lowest BCUT2D eigenvalue weighted by Crippen LogP contribution is -2.35. The zero-order valence-corrected chi connectivity index (χ0v) is 13.4. The van der Waals surface area contributed by atoms with E-state index in [9.17, 15) is 14.7 Å². The van der Waals surface area contributed by atoms with Crippen LogP contribution in [0, 0.1) is 5.92 Å². The number of hydrogen-bond acceptors (Lipinski definition) is 4. The van der Waals surface area contributed by atoms with E-state index >= 15 is 0 Å². The Kier molecular flexibility index (Phi) is 6.21. The molecular formula is C15H20ClNO3S. The summed E-state index contributed by atoms with van der Waals surface area (Å²) in [4.78, 5) is 24.1. The molecule has 1 aromatic rings. The largest absolute Gasteiger partial charge is 0.391 e. The molecule has 1 amide bonds. The summed E-state index contributed by atoms with van der Waals surface area (Å²) in [5, 5.41) is 12.7. The number of rotatable bonds is 7. The van der Waals surface area contributed by atoms with Gasteiger partial charge in [0.05, 0.1) is 15.3 Å². The molecule has 4 nitrogen and oxygen atoms in total. The molecule has 6 heteroatoms. The fourth-order valence-electron chi connectivity index (χ4n) is 2.63. The first-order valence-electron chi connectivity index (χ1n) is 7.29. The lowest BCUT2D eigenvalue weighted by atomic mass is 10.0. The highest BCUT2D eigenvalue weighted by molar-refractivity contribution is 7.18. The van der Waals surface area contributed by atoms with Crippen LogP contribution in [-0.2, 0) is 4.79 Å². The number of thiophene rings is 1. The topological polar surface area (TPSA) is 66.4 Å². The summed E-state index contributed by atoms with van der Waals surface area (Å²) in [6.45, 7) is 0.280. The van der Waals surface area contributed by atoms with Gasteiger partial charge in [0.15, 0.2) is 5.78 Å². The van der Waals surface area contributed by atoms with E-state index < -0.39 is 6.10 Å². The number of Topliss-reactive ketones (excluding diaryl/α,β-unsaturated/α-hetero) is 1. The molecule has 1 atom stereocenters. The summed E-state index contributed by atoms with van der Waals surface area (Å²) < 4.78 is 0.572. The number of nitrogens with one attached hydrogen (secondary N) is 1. The monoisotopic (exact) mass is 329 g/mol. The highest BCUT2D eigenvalue weighted by atomic mass is 35.5. The van der Waals surface area contributed by atoms with E-state index in [2.05, 4.69) is 5.32 Å². The Morgan fingerprint density at radius 1 is 1.33 bits per heavy atom. The maximum Gasteiger partial charge on any atom is 0.220 e. The summed E-state index contributed by atoms with van der Waals surface area (Å²) in [5.74, 6) is 0.0432. The van der Waals surface area contributed by atoms with E-state index in [0.29, 0.717) is 15.1 Å². The number of halogens is 1. The van der Waals surface area contributed by atoms with Gasteiger partial charge in [-0.1, -0.05) is 24.4 Å². The van der Waals surface area contributed by atoms with Crippen molar-refractivity contribution in [1.82, 2.24) is 5.32 Å². The van der Waals surface area contributed by atoms with Gasteiger partial charge < -0.3 is 10.4 Å². The molecule has 1 saturated carbocycles. The molecule has 0 bridgehead atoms. The van der Waals surface area contributed by atoms with Gasteiger partial charge in [-0.3, -0.25) is 9.59 Å². The number of aliphatic hydroxyl groups is 1. The molecule has 116 valence electrons. The van der Waals surface area contributed by atoms with Crippen molar-refractivity contribution in [2.24, 2.45) is 5.92 Å². The van der Waals surface area contributed by atoms with Crippen molar-refractivity contribution in [2.45, 2.75) is 44.6 Å². The molecular weight excluding hydrogens is 310 g/mol. The van der Waals surface area contributed by atoms with Crippen molar-refractivity contribution in [3.8, 4) is 0 Å². The van der Waals surface area contributed by atoms with E-state index in [1.807, 2.05) is 0 Å². The summed E-state index contributed by atoms with van der Waals surface area (Å²) in [7, 11) is 0. The number of carbonyl (C=O) groups excluding carboxylic acids is 2. The van der Waals surface area contributed by atoms with Crippen molar-refractivity contribution >= 4 is 34.6 Å². The lowest BCUT2D eigenvalue weighted by molar-refractivity contribution is -0.121. The summed E-state index contributed by atoms with van der Waals surface area (Å²) in [6, 6.07) is 3.36. The van der Waals surface area contributed by atoms with Crippen LogP contribution in [0.3, 0.4) is 0 Å². The summed E-state index contributed by atoms with van der Waals surface area (Å²) >= 11 is 7.00. The number of hydrogen-bond donors (Lipinski definition) is 2. The second kappa shape index (κ2) is 7.92. The van der Waals surface area contributed by atoms with Gasteiger partial charge in [-0.05, 0) is 30.9 Å². The maximum absolute atomic E-state index is 11.8. The van der Waals surface area contributed by atoms with Crippen molar-refractivity contribution in [3.05, 3.63) is 21.3 Å². The fraction of sp³-hybridized carbons (Fsp3) is 0.600. The smallest absolute Gasteiger partial charge is 0.220 e. The third-order valence-corrected chi connectivity index (χ3v) is 5.15. The first kappa shape index (κ1) is 16.5. The number of ketones is 1. The highest BCUT2D eigenvalue weighted by Gasteiger charge is 2.23. The van der Waals surface area contributed by atoms with Crippen LogP contribution in [0.5, 0.6) is 0 Å². The van der Waals surface area contributed by atoms with Crippen LogP contribution >= 0.6 is 22.9 Å². The predicted molar refractivity (Wildman–Crippen MR) is 83.9 cm³/mol. The Morgan fingerprint density at radius 2 is 2.05 bits per heavy atom. The molecule has 0 radical (unpaired) electrons. The minimum atomic E-state index is -0.469. The first-order valence-corrected chi connectivity index (χ1v) is 8.49. The third-order valence-electron chi connectivity index (χ3n) is 3.88. The SMILES string of the molecule is O=C(CCC(=O)c1ccc(Cl)s1)NCC(O)C1CCCC1. The Labute approximate surface area is 133 Å². The molecule has 21 heavy (non-hydrogen) atoms. The summed E-state index contributed by atoms with van der Waals surface area (Å²) in [5.41, 5.74) is 0. The second-order valence-corrected chi connectivity index (χ2v) is 7.16. The Morgan fingerprint density at radius 3 is 2.67 bits per heavy atom. The van der Waals surface area contributed by atoms with Gasteiger partial charge in [0.1, 0.15) is 0 Å². The van der Waals surface area contributed by atoms with E-state index in [0.717, 1.165) is 25.7 Å². The van der Waals surface area contributed by atoms with Crippen LogP contribution in [0.2, 0.25) is 4.34 Å². The molecule has 1 fully saturated rings. The molecule has 0 aliphatic heterocycles. The average molecular weight is 330 g/mol. The molecule has 0 spiro atoms. The van der Waals surface area contributed by atoms with Gasteiger partial charge in [0, 0.05) is 19.4 Å². The van der Waals surface area contributed by atoms with Gasteiger partial charge in [0.2, 0.25) is 5.91 Å². The van der Waals surface area contributed by atoms with E-state index in [-0.39, 0.29) is 31.1 Å². The van der Waals surface area contributed by atoms with Crippen molar-refractivity contribution in [2.75, 3.05) is 6.54 Å². The standard InChI is InChI=1S/C15H20ClNO3S/c16-14-7-6-13(21-14)11(18)5-8-15(20)17-9-12(19)10-3-1-2-4-10/h6-7,10,12,19H,1-5,8-9H2,(H,17,20). The molecule has 2 rings (SSSR count). The molecule has 2 N–H and O–H groups in total. The molecule has 1 unspecified atom stereocenters. The van der Waals surface area contributed by atoms with Crippen LogP contribution in [-0.4, -0.2) is 29.4 Å². The zero-order chi connectivity index (χ0) is 15.2. The first-order chi connectivity index (χ1) is 10.1. The number of aliphatic hydroxyl groups excluding tert-OH is 1. The number of carbonyl (C=O) groups is 2. The van der Waals surface area contributed by atoms with Gasteiger partial charge in [-0.25, -0.2) is 0 Å². The molecule has 0 saturated heterocycles. The zero-order valence-electron chi connectivity index (χ0n) is 11.8. The summed E-state index contributed by atoms with van der Waals surface area (Å²) in [6.07, 6.45) is 4.24. The van der Waals surface area contributed by atoms with Gasteiger partial charge in [-0.15, -0.1) is 11.3 Å². The minimum Gasteiger partial charge on any atom is -0.391 e. The Bertz CT molecular complexity index is 497. The van der Waals surface area contributed by atoms with Gasteiger partial charge in [0.25, 0.3) is 0 Å². The third kappa shape index (κ3) is 5.09. The predicted octanol–water partition coefficient (Wildman–Crippen LogP) is 3.03. The van der Waals surface area contributed by atoms with E-state index in [4.69, 9.17) is 11.6 Å². The second-order valence-electron chi connectivity index (χ2n) is 5.44. The van der Waals surface area contributed by atoms with Crippen molar-refractivity contribution in [3.63, 3.8) is 0 Å². The molecule has 1 aromatic heterocycles. The van der Waals surface area contributed by atoms with Gasteiger partial charge >= 0.3 is 0 Å².